The molecule has 0 amide bonds. The first-order valence-electron chi connectivity index (χ1n) is 7.81. The molecule has 0 atom stereocenters. The third-order valence-corrected chi connectivity index (χ3v) is 3.55. The summed E-state index contributed by atoms with van der Waals surface area (Å²) in [4.78, 5) is 25.3. The van der Waals surface area contributed by atoms with Crippen molar-refractivity contribution in [2.75, 3.05) is 39.5 Å². The van der Waals surface area contributed by atoms with Gasteiger partial charge in [-0.1, -0.05) is 6.92 Å². The Hall–Kier alpha value is -1.40. The highest BCUT2D eigenvalue weighted by atomic mass is 16.6. The molecule has 1 aliphatic heterocycles. The highest BCUT2D eigenvalue weighted by molar-refractivity contribution is 5.91. The zero-order valence-electron chi connectivity index (χ0n) is 13.8. The van der Waals surface area contributed by atoms with E-state index in [4.69, 9.17) is 14.2 Å². The van der Waals surface area contributed by atoms with Crippen molar-refractivity contribution < 1.29 is 23.8 Å². The molecule has 6 nitrogen and oxygen atoms in total. The predicted molar refractivity (Wildman–Crippen MR) is 82.4 cm³/mol. The fourth-order valence-electron chi connectivity index (χ4n) is 1.85. The fraction of sp³-hybridized carbons (Fsp3) is 0.750. The van der Waals surface area contributed by atoms with Gasteiger partial charge in [-0.05, 0) is 26.7 Å². The van der Waals surface area contributed by atoms with Crippen LogP contribution in [0.2, 0.25) is 0 Å². The molecule has 0 aromatic heterocycles. The summed E-state index contributed by atoms with van der Waals surface area (Å²) in [7, 11) is 0. The molecule has 0 bridgehead atoms. The zero-order chi connectivity index (χ0) is 16.4. The minimum Gasteiger partial charge on any atom is -0.462 e. The van der Waals surface area contributed by atoms with Crippen LogP contribution in [0.1, 0.15) is 33.6 Å². The van der Waals surface area contributed by atoms with E-state index in [9.17, 15) is 9.59 Å². The van der Waals surface area contributed by atoms with Crippen LogP contribution in [0, 0.1) is 0 Å². The third-order valence-electron chi connectivity index (χ3n) is 3.55. The number of hydrogen-bond acceptors (Lipinski definition) is 6. The average Bonchev–Trinajstić information content (AvgIpc) is 2.50. The second-order valence-electron chi connectivity index (χ2n) is 5.84. The molecule has 22 heavy (non-hydrogen) atoms. The Bertz CT molecular complexity index is 386. The van der Waals surface area contributed by atoms with E-state index in [0.29, 0.717) is 13.0 Å². The number of esters is 2. The van der Waals surface area contributed by atoms with E-state index in [1.54, 1.807) is 0 Å². The summed E-state index contributed by atoms with van der Waals surface area (Å²) in [6.45, 7) is 10.2. The molecule has 0 aromatic carbocycles. The molecule has 1 aliphatic rings. The maximum atomic E-state index is 11.5. The molecule has 0 aliphatic carbocycles. The molecule has 0 spiro atoms. The number of carbonyl (C=O) groups excluding carboxylic acids is 2. The van der Waals surface area contributed by atoms with Crippen molar-refractivity contribution in [1.82, 2.24) is 4.90 Å². The van der Waals surface area contributed by atoms with Gasteiger partial charge in [-0.25, -0.2) is 9.59 Å². The van der Waals surface area contributed by atoms with E-state index < -0.39 is 17.5 Å². The Labute approximate surface area is 132 Å². The van der Waals surface area contributed by atoms with Gasteiger partial charge in [0.05, 0.1) is 19.8 Å². The molecule has 6 heteroatoms. The molecule has 126 valence electrons. The number of carbonyl (C=O) groups is 2. The minimum atomic E-state index is -0.530. The van der Waals surface area contributed by atoms with Crippen molar-refractivity contribution in [3.8, 4) is 0 Å². The SMILES string of the molecule is CCC(C)(C)OC(=O)/C=C/C(=O)OCCCN1CCOCC1. The highest BCUT2D eigenvalue weighted by Crippen LogP contribution is 2.13. The second-order valence-corrected chi connectivity index (χ2v) is 5.84. The minimum absolute atomic E-state index is 0.343. The van der Waals surface area contributed by atoms with Gasteiger partial charge in [0.15, 0.2) is 0 Å². The normalized spacial score (nSPS) is 16.7. The van der Waals surface area contributed by atoms with Crippen LogP contribution >= 0.6 is 0 Å². The Kier molecular flexibility index (Phi) is 8.12. The van der Waals surface area contributed by atoms with E-state index >= 15 is 0 Å². The van der Waals surface area contributed by atoms with Gasteiger partial charge in [-0.2, -0.15) is 0 Å². The van der Waals surface area contributed by atoms with E-state index in [-0.39, 0.29) is 0 Å². The van der Waals surface area contributed by atoms with Crippen molar-refractivity contribution in [2.45, 2.75) is 39.2 Å². The standard InChI is InChI=1S/C16H27NO5/c1-4-16(2,3)22-15(19)7-6-14(18)21-11-5-8-17-9-12-20-13-10-17/h6-7H,4-5,8-13H2,1-3H3/b7-6+. The van der Waals surface area contributed by atoms with Gasteiger partial charge in [-0.3, -0.25) is 4.90 Å². The molecule has 0 N–H and O–H groups in total. The summed E-state index contributed by atoms with van der Waals surface area (Å²) in [6.07, 6.45) is 3.70. The van der Waals surface area contributed by atoms with Crippen LogP contribution in [-0.2, 0) is 23.8 Å². The maximum Gasteiger partial charge on any atom is 0.331 e. The van der Waals surface area contributed by atoms with Gasteiger partial charge < -0.3 is 14.2 Å². The number of rotatable bonds is 8. The first kappa shape index (κ1) is 18.6. The van der Waals surface area contributed by atoms with Gasteiger partial charge in [0, 0.05) is 31.8 Å². The molecule has 0 aromatic rings. The summed E-state index contributed by atoms with van der Waals surface area (Å²) in [5.41, 5.74) is -0.524. The molecule has 1 saturated heterocycles. The largest absolute Gasteiger partial charge is 0.462 e. The predicted octanol–water partition coefficient (Wildman–Crippen LogP) is 1.54. The Balaban J connectivity index is 2.14. The Morgan fingerprint density at radius 1 is 1.18 bits per heavy atom. The first-order chi connectivity index (χ1) is 10.4. The van der Waals surface area contributed by atoms with Crippen LogP contribution in [0.15, 0.2) is 12.2 Å². The lowest BCUT2D eigenvalue weighted by molar-refractivity contribution is -0.151. The van der Waals surface area contributed by atoms with E-state index in [2.05, 4.69) is 4.90 Å². The van der Waals surface area contributed by atoms with Gasteiger partial charge >= 0.3 is 11.9 Å². The summed E-state index contributed by atoms with van der Waals surface area (Å²) in [6, 6.07) is 0. The second kappa shape index (κ2) is 9.58. The average molecular weight is 313 g/mol. The summed E-state index contributed by atoms with van der Waals surface area (Å²) < 4.78 is 15.5. The van der Waals surface area contributed by atoms with E-state index in [0.717, 1.165) is 51.4 Å². The summed E-state index contributed by atoms with van der Waals surface area (Å²) >= 11 is 0. The number of ether oxygens (including phenoxy) is 3. The molecule has 0 radical (unpaired) electrons. The van der Waals surface area contributed by atoms with E-state index in [1.165, 1.54) is 0 Å². The maximum absolute atomic E-state index is 11.5. The van der Waals surface area contributed by atoms with Gasteiger partial charge in [0.1, 0.15) is 5.60 Å². The third kappa shape index (κ3) is 8.14. The lowest BCUT2D eigenvalue weighted by Gasteiger charge is -2.26. The highest BCUT2D eigenvalue weighted by Gasteiger charge is 2.18. The van der Waals surface area contributed by atoms with E-state index in [1.807, 2.05) is 20.8 Å². The molecular weight excluding hydrogens is 286 g/mol. The van der Waals surface area contributed by atoms with Gasteiger partial charge in [0.2, 0.25) is 0 Å². The topological polar surface area (TPSA) is 65.1 Å². The fourth-order valence-corrected chi connectivity index (χ4v) is 1.85. The lowest BCUT2D eigenvalue weighted by atomic mass is 10.1. The smallest absolute Gasteiger partial charge is 0.331 e. The van der Waals surface area contributed by atoms with Crippen LogP contribution in [0.3, 0.4) is 0 Å². The van der Waals surface area contributed by atoms with Crippen molar-refractivity contribution in [1.29, 1.82) is 0 Å². The zero-order valence-corrected chi connectivity index (χ0v) is 13.8. The molecule has 0 unspecified atom stereocenters. The molecule has 0 saturated carbocycles. The molecule has 1 rings (SSSR count). The number of morpholine rings is 1. The summed E-state index contributed by atoms with van der Waals surface area (Å²) in [5.74, 6) is -1.05. The lowest BCUT2D eigenvalue weighted by Crippen LogP contribution is -2.37. The monoisotopic (exact) mass is 313 g/mol. The van der Waals surface area contributed by atoms with Crippen LogP contribution in [0.4, 0.5) is 0 Å². The quantitative estimate of drug-likeness (QED) is 0.385. The number of hydrogen-bond donors (Lipinski definition) is 0. The first-order valence-corrected chi connectivity index (χ1v) is 7.81. The Morgan fingerprint density at radius 2 is 1.82 bits per heavy atom. The molecular formula is C16H27NO5. The number of nitrogens with zero attached hydrogens (tertiary/aromatic N) is 1. The van der Waals surface area contributed by atoms with Crippen LogP contribution in [0.25, 0.3) is 0 Å². The van der Waals surface area contributed by atoms with Crippen LogP contribution in [-0.4, -0.2) is 61.9 Å². The van der Waals surface area contributed by atoms with Gasteiger partial charge in [-0.15, -0.1) is 0 Å². The summed E-state index contributed by atoms with van der Waals surface area (Å²) in [5, 5.41) is 0. The van der Waals surface area contributed by atoms with Crippen molar-refractivity contribution >= 4 is 11.9 Å². The van der Waals surface area contributed by atoms with Crippen molar-refractivity contribution in [3.05, 3.63) is 12.2 Å². The van der Waals surface area contributed by atoms with Crippen LogP contribution < -0.4 is 0 Å². The molecule has 1 heterocycles. The van der Waals surface area contributed by atoms with Gasteiger partial charge in [0.25, 0.3) is 0 Å². The van der Waals surface area contributed by atoms with Crippen molar-refractivity contribution in [3.63, 3.8) is 0 Å². The van der Waals surface area contributed by atoms with Crippen molar-refractivity contribution in [2.24, 2.45) is 0 Å². The Morgan fingerprint density at radius 3 is 2.45 bits per heavy atom. The molecule has 1 fully saturated rings. The van der Waals surface area contributed by atoms with Crippen LogP contribution in [0.5, 0.6) is 0 Å².